The molecule has 31 heavy (non-hydrogen) atoms. The fourth-order valence-electron chi connectivity index (χ4n) is 2.92. The minimum absolute atomic E-state index is 0.126. The van der Waals surface area contributed by atoms with Gasteiger partial charge in [-0.1, -0.05) is 32.0 Å². The highest BCUT2D eigenvalue weighted by molar-refractivity contribution is 8.00. The highest BCUT2D eigenvalue weighted by Gasteiger charge is 2.29. The number of thioether (sulfide) groups is 1. The lowest BCUT2D eigenvalue weighted by molar-refractivity contribution is -0.120. The lowest BCUT2D eigenvalue weighted by atomic mass is 10.0. The minimum atomic E-state index is -4.31. The third-order valence-corrected chi connectivity index (χ3v) is 5.15. The molecule has 1 unspecified atom stereocenters. The first-order valence-corrected chi connectivity index (χ1v) is 10.6. The lowest BCUT2D eigenvalue weighted by Gasteiger charge is -2.19. The van der Waals surface area contributed by atoms with Crippen LogP contribution in [0.1, 0.15) is 31.4 Å². The van der Waals surface area contributed by atoms with Gasteiger partial charge in [0.1, 0.15) is 18.1 Å². The summed E-state index contributed by atoms with van der Waals surface area (Å²) in [5, 5.41) is 3.16. The Morgan fingerprint density at radius 1 is 1.16 bits per heavy atom. The largest absolute Gasteiger partial charge is 0.496 e. The summed E-state index contributed by atoms with van der Waals surface area (Å²) in [7, 11) is 1.54. The van der Waals surface area contributed by atoms with E-state index < -0.39 is 17.5 Å². The molecule has 0 radical (unpaired) electrons. The molecule has 0 aliphatic rings. The van der Waals surface area contributed by atoms with Gasteiger partial charge in [-0.15, -0.1) is 0 Å². The Morgan fingerprint density at radius 2 is 1.84 bits per heavy atom. The van der Waals surface area contributed by atoms with Gasteiger partial charge in [-0.3, -0.25) is 4.79 Å². The van der Waals surface area contributed by atoms with Crippen molar-refractivity contribution in [2.45, 2.75) is 49.9 Å². The van der Waals surface area contributed by atoms with Gasteiger partial charge in [-0.25, -0.2) is 0 Å². The summed E-state index contributed by atoms with van der Waals surface area (Å²) >= 11 is -0.150. The number of primary amides is 1. The molecule has 9 heteroatoms. The molecule has 1 atom stereocenters. The Kier molecular flexibility index (Phi) is 9.06. The summed E-state index contributed by atoms with van der Waals surface area (Å²) in [6, 6.07) is 10.9. The third-order valence-electron chi connectivity index (χ3n) is 4.41. The summed E-state index contributed by atoms with van der Waals surface area (Å²) in [5.74, 6) is 1.08. The van der Waals surface area contributed by atoms with E-state index >= 15 is 0 Å². The molecule has 2 aromatic carbocycles. The molecule has 3 N–H and O–H groups in total. The van der Waals surface area contributed by atoms with E-state index in [0.717, 1.165) is 11.1 Å². The number of methoxy groups -OCH3 is 1. The van der Waals surface area contributed by atoms with E-state index in [4.69, 9.17) is 15.2 Å². The second-order valence-electron chi connectivity index (χ2n) is 7.42. The van der Waals surface area contributed by atoms with Gasteiger partial charge in [0.25, 0.3) is 0 Å². The van der Waals surface area contributed by atoms with Crippen molar-refractivity contribution in [1.29, 1.82) is 0 Å². The monoisotopic (exact) mass is 456 g/mol. The molecule has 0 heterocycles. The number of nitrogens with one attached hydrogen (secondary N) is 1. The molecule has 5 nitrogen and oxygen atoms in total. The zero-order chi connectivity index (χ0) is 23.0. The van der Waals surface area contributed by atoms with Gasteiger partial charge in [-0.05, 0) is 47.9 Å². The summed E-state index contributed by atoms with van der Waals surface area (Å²) < 4.78 is 48.4. The average molecular weight is 457 g/mol. The number of amides is 1. The molecule has 0 bridgehead atoms. The molecule has 0 spiro atoms. The van der Waals surface area contributed by atoms with Crippen LogP contribution in [0.5, 0.6) is 11.5 Å². The highest BCUT2D eigenvalue weighted by atomic mass is 32.2. The molecule has 0 fully saturated rings. The normalized spacial score (nSPS) is 12.6. The van der Waals surface area contributed by atoms with Gasteiger partial charge in [0.2, 0.25) is 5.91 Å². The van der Waals surface area contributed by atoms with Crippen molar-refractivity contribution in [3.63, 3.8) is 0 Å². The van der Waals surface area contributed by atoms with Crippen LogP contribution >= 0.6 is 11.8 Å². The molecule has 0 saturated heterocycles. The van der Waals surface area contributed by atoms with Crippen LogP contribution in [0, 0.1) is 5.92 Å². The second kappa shape index (κ2) is 11.3. The molecular weight excluding hydrogens is 429 g/mol. The first-order valence-electron chi connectivity index (χ1n) is 9.74. The van der Waals surface area contributed by atoms with Crippen LogP contribution in [0.2, 0.25) is 0 Å². The van der Waals surface area contributed by atoms with E-state index in [1.54, 1.807) is 31.4 Å². The molecule has 2 rings (SSSR count). The molecule has 0 aliphatic carbocycles. The van der Waals surface area contributed by atoms with Crippen molar-refractivity contribution in [1.82, 2.24) is 5.32 Å². The Labute approximate surface area is 184 Å². The first-order chi connectivity index (χ1) is 14.6. The summed E-state index contributed by atoms with van der Waals surface area (Å²) in [4.78, 5) is 11.8. The van der Waals surface area contributed by atoms with Crippen LogP contribution < -0.4 is 20.5 Å². The molecule has 0 aromatic heterocycles. The zero-order valence-electron chi connectivity index (χ0n) is 17.7. The quantitative estimate of drug-likeness (QED) is 0.472. The zero-order valence-corrected chi connectivity index (χ0v) is 18.5. The third kappa shape index (κ3) is 8.70. The highest BCUT2D eigenvalue weighted by Crippen LogP contribution is 2.36. The standard InChI is InChI=1S/C22H27F3N2O3S/c1-14(2)10-19(21(26)28)27-12-16-6-7-17(11-20(16)29-3)30-13-15-4-8-18(9-5-15)31-22(23,24)25/h4-9,11,14,19,27H,10,12-13H2,1-3H3,(H2,26,28). The van der Waals surface area contributed by atoms with Crippen molar-refractivity contribution >= 4 is 17.7 Å². The average Bonchev–Trinajstić information content (AvgIpc) is 2.69. The van der Waals surface area contributed by atoms with E-state index in [1.807, 2.05) is 19.9 Å². The van der Waals surface area contributed by atoms with Gasteiger partial charge in [0.15, 0.2) is 0 Å². The molecule has 0 aliphatic heterocycles. The Morgan fingerprint density at radius 3 is 2.39 bits per heavy atom. The number of rotatable bonds is 11. The lowest BCUT2D eigenvalue weighted by Crippen LogP contribution is -2.41. The van der Waals surface area contributed by atoms with E-state index in [9.17, 15) is 18.0 Å². The topological polar surface area (TPSA) is 73.6 Å². The van der Waals surface area contributed by atoms with Crippen molar-refractivity contribution in [3.8, 4) is 11.5 Å². The van der Waals surface area contributed by atoms with Crippen molar-refractivity contribution in [2.24, 2.45) is 11.7 Å². The number of halogens is 3. The molecule has 2 aromatic rings. The molecule has 0 saturated carbocycles. The minimum Gasteiger partial charge on any atom is -0.496 e. The maximum atomic E-state index is 12.4. The number of hydrogen-bond donors (Lipinski definition) is 2. The van der Waals surface area contributed by atoms with Crippen LogP contribution in [0.4, 0.5) is 13.2 Å². The van der Waals surface area contributed by atoms with Gasteiger partial charge < -0.3 is 20.5 Å². The smallest absolute Gasteiger partial charge is 0.446 e. The Balaban J connectivity index is 1.97. The van der Waals surface area contributed by atoms with Gasteiger partial charge in [-0.2, -0.15) is 13.2 Å². The fourth-order valence-corrected chi connectivity index (χ4v) is 3.46. The van der Waals surface area contributed by atoms with Gasteiger partial charge >= 0.3 is 5.51 Å². The summed E-state index contributed by atoms with van der Waals surface area (Å²) in [6.07, 6.45) is 0.638. The van der Waals surface area contributed by atoms with E-state index in [-0.39, 0.29) is 23.3 Å². The van der Waals surface area contributed by atoms with E-state index in [0.29, 0.717) is 30.4 Å². The van der Waals surface area contributed by atoms with Gasteiger partial charge in [0.05, 0.1) is 13.2 Å². The van der Waals surface area contributed by atoms with Crippen LogP contribution in [-0.2, 0) is 17.9 Å². The number of ether oxygens (including phenoxy) is 2. The number of carbonyl (C=O) groups excluding carboxylic acids is 1. The van der Waals surface area contributed by atoms with Crippen molar-refractivity contribution in [3.05, 3.63) is 53.6 Å². The number of nitrogens with two attached hydrogens (primary N) is 1. The maximum absolute atomic E-state index is 12.4. The van der Waals surface area contributed by atoms with Crippen molar-refractivity contribution in [2.75, 3.05) is 7.11 Å². The Bertz CT molecular complexity index is 858. The van der Waals surface area contributed by atoms with E-state index in [2.05, 4.69) is 5.32 Å². The molecule has 1 amide bonds. The first kappa shape index (κ1) is 24.9. The number of benzene rings is 2. The van der Waals surface area contributed by atoms with Crippen molar-refractivity contribution < 1.29 is 27.4 Å². The maximum Gasteiger partial charge on any atom is 0.446 e. The second-order valence-corrected chi connectivity index (χ2v) is 8.56. The summed E-state index contributed by atoms with van der Waals surface area (Å²) in [6.45, 7) is 4.65. The molecule has 170 valence electrons. The van der Waals surface area contributed by atoms with E-state index in [1.165, 1.54) is 12.1 Å². The van der Waals surface area contributed by atoms with Crippen LogP contribution in [0.3, 0.4) is 0 Å². The van der Waals surface area contributed by atoms with Crippen LogP contribution in [0.25, 0.3) is 0 Å². The number of hydrogen-bond acceptors (Lipinski definition) is 5. The number of carbonyl (C=O) groups is 1. The Hall–Kier alpha value is -2.39. The predicted octanol–water partition coefficient (Wildman–Crippen LogP) is 4.88. The number of alkyl halides is 3. The van der Waals surface area contributed by atoms with Crippen LogP contribution in [-0.4, -0.2) is 24.6 Å². The van der Waals surface area contributed by atoms with Gasteiger partial charge in [0, 0.05) is 23.1 Å². The summed E-state index contributed by atoms with van der Waals surface area (Å²) in [5.41, 5.74) is 2.75. The fraction of sp³-hybridized carbons (Fsp3) is 0.409. The molecular formula is C22H27F3N2O3S. The SMILES string of the molecule is COc1cc(OCc2ccc(SC(F)(F)F)cc2)ccc1CNC(CC(C)C)C(N)=O. The van der Waals surface area contributed by atoms with Crippen LogP contribution in [0.15, 0.2) is 47.4 Å². The predicted molar refractivity (Wildman–Crippen MR) is 115 cm³/mol.